The Labute approximate surface area is 165 Å². The van der Waals surface area contributed by atoms with Crippen molar-refractivity contribution in [3.8, 4) is 24.3 Å². The lowest BCUT2D eigenvalue weighted by molar-refractivity contribution is 1.21. The van der Waals surface area contributed by atoms with Gasteiger partial charge >= 0.3 is 0 Å². The molecule has 7 heteroatoms. The Morgan fingerprint density at radius 2 is 1.57 bits per heavy atom. The minimum absolute atomic E-state index is 0.0319. The molecule has 0 unspecified atom stereocenters. The number of hydrogen-bond donors (Lipinski definition) is 0. The predicted octanol–water partition coefficient (Wildman–Crippen LogP) is 4.17. The fourth-order valence-corrected chi connectivity index (χ4v) is 3.33. The molecule has 0 N–H and O–H groups in total. The normalized spacial score (nSPS) is 10.7. The summed E-state index contributed by atoms with van der Waals surface area (Å²) in [6.45, 7) is 0. The second-order valence-corrected chi connectivity index (χ2v) is 6.21. The third kappa shape index (κ3) is 3.62. The van der Waals surface area contributed by atoms with Crippen molar-refractivity contribution < 1.29 is 0 Å². The van der Waals surface area contributed by atoms with E-state index in [1.54, 1.807) is 24.3 Å². The number of benzene rings is 2. The SMILES string of the molecule is N#CC(C#N)=Cc1ccc(C/C(C#N)=C(\C#N)c2ccccc2)c2nsnc12. The molecule has 0 saturated carbocycles. The van der Waals surface area contributed by atoms with Crippen LogP contribution in [-0.4, -0.2) is 8.75 Å². The zero-order valence-corrected chi connectivity index (χ0v) is 15.2. The molecule has 0 amide bonds. The fourth-order valence-electron chi connectivity index (χ4n) is 2.73. The van der Waals surface area contributed by atoms with Gasteiger partial charge < -0.3 is 0 Å². The Hall–Kier alpha value is -4.30. The van der Waals surface area contributed by atoms with Gasteiger partial charge in [-0.15, -0.1) is 0 Å². The van der Waals surface area contributed by atoms with Gasteiger partial charge in [0.25, 0.3) is 0 Å². The van der Waals surface area contributed by atoms with Crippen LogP contribution in [0.1, 0.15) is 16.7 Å². The minimum atomic E-state index is -0.0319. The number of hydrogen-bond acceptors (Lipinski definition) is 7. The molecule has 0 saturated heterocycles. The Bertz CT molecular complexity index is 1250. The summed E-state index contributed by atoms with van der Waals surface area (Å²) in [5.74, 6) is 0. The van der Waals surface area contributed by atoms with E-state index in [0.717, 1.165) is 17.3 Å². The molecular weight excluding hydrogens is 368 g/mol. The lowest BCUT2D eigenvalue weighted by atomic mass is 9.95. The predicted molar refractivity (Wildman–Crippen MR) is 105 cm³/mol. The summed E-state index contributed by atoms with van der Waals surface area (Å²) in [5.41, 5.74) is 3.80. The number of nitriles is 4. The van der Waals surface area contributed by atoms with Crippen LogP contribution in [0.2, 0.25) is 0 Å². The van der Waals surface area contributed by atoms with Gasteiger partial charge in [-0.3, -0.25) is 0 Å². The van der Waals surface area contributed by atoms with Crippen molar-refractivity contribution in [3.05, 3.63) is 70.3 Å². The Kier molecular flexibility index (Phi) is 5.54. The third-order valence-corrected chi connectivity index (χ3v) is 4.58. The first kappa shape index (κ1) is 18.5. The molecule has 6 nitrogen and oxygen atoms in total. The molecule has 0 aliphatic heterocycles. The highest BCUT2D eigenvalue weighted by Gasteiger charge is 2.15. The minimum Gasteiger partial charge on any atom is -0.193 e. The number of aromatic nitrogens is 2. The summed E-state index contributed by atoms with van der Waals surface area (Å²) < 4.78 is 8.56. The quantitative estimate of drug-likeness (QED) is 0.628. The zero-order chi connectivity index (χ0) is 19.9. The van der Waals surface area contributed by atoms with Gasteiger partial charge in [-0.05, 0) is 17.2 Å². The van der Waals surface area contributed by atoms with E-state index in [4.69, 9.17) is 10.5 Å². The molecule has 0 aliphatic carbocycles. The van der Waals surface area contributed by atoms with Gasteiger partial charge in [-0.1, -0.05) is 42.5 Å². The van der Waals surface area contributed by atoms with Crippen molar-refractivity contribution in [2.75, 3.05) is 0 Å². The summed E-state index contributed by atoms with van der Waals surface area (Å²) in [6.07, 6.45) is 1.68. The summed E-state index contributed by atoms with van der Waals surface area (Å²) in [7, 11) is 0. The van der Waals surface area contributed by atoms with E-state index in [1.807, 2.05) is 30.3 Å². The highest BCUT2D eigenvalue weighted by molar-refractivity contribution is 7.00. The van der Waals surface area contributed by atoms with Gasteiger partial charge in [-0.2, -0.15) is 29.8 Å². The summed E-state index contributed by atoms with van der Waals surface area (Å²) >= 11 is 1.01. The molecular formula is C21H10N6S. The van der Waals surface area contributed by atoms with E-state index in [2.05, 4.69) is 20.9 Å². The van der Waals surface area contributed by atoms with Crippen LogP contribution in [-0.2, 0) is 6.42 Å². The molecule has 3 rings (SSSR count). The van der Waals surface area contributed by atoms with Crippen molar-refractivity contribution >= 4 is 34.4 Å². The van der Waals surface area contributed by atoms with Gasteiger partial charge in [0.15, 0.2) is 0 Å². The molecule has 0 bridgehead atoms. The van der Waals surface area contributed by atoms with Crippen molar-refractivity contribution in [1.29, 1.82) is 21.0 Å². The standard InChI is InChI=1S/C21H10N6S/c22-10-14(11-23)8-16-6-7-17(21-20(16)26-28-27-21)9-18(12-24)19(13-25)15-4-2-1-3-5-15/h1-8H,9H2/b19-18-. The van der Waals surface area contributed by atoms with Crippen LogP contribution in [0.25, 0.3) is 22.7 Å². The maximum atomic E-state index is 9.64. The first-order valence-corrected chi connectivity index (χ1v) is 8.79. The monoisotopic (exact) mass is 378 g/mol. The van der Waals surface area contributed by atoms with Crippen LogP contribution in [0.4, 0.5) is 0 Å². The highest BCUT2D eigenvalue weighted by atomic mass is 32.1. The van der Waals surface area contributed by atoms with Crippen molar-refractivity contribution in [3.63, 3.8) is 0 Å². The second kappa shape index (κ2) is 8.39. The van der Waals surface area contributed by atoms with E-state index in [1.165, 1.54) is 6.08 Å². The van der Waals surface area contributed by atoms with Gasteiger partial charge in [0, 0.05) is 12.0 Å². The van der Waals surface area contributed by atoms with E-state index in [0.29, 0.717) is 33.3 Å². The van der Waals surface area contributed by atoms with Crippen LogP contribution >= 0.6 is 11.7 Å². The van der Waals surface area contributed by atoms with Crippen molar-refractivity contribution in [2.45, 2.75) is 6.42 Å². The van der Waals surface area contributed by atoms with Gasteiger partial charge in [0.2, 0.25) is 0 Å². The van der Waals surface area contributed by atoms with Crippen LogP contribution in [0.3, 0.4) is 0 Å². The molecule has 28 heavy (non-hydrogen) atoms. The summed E-state index contributed by atoms with van der Waals surface area (Å²) in [5, 5.41) is 37.1. The van der Waals surface area contributed by atoms with Gasteiger partial charge in [0.1, 0.15) is 34.8 Å². The third-order valence-electron chi connectivity index (χ3n) is 4.05. The Morgan fingerprint density at radius 1 is 0.857 bits per heavy atom. The summed E-state index contributed by atoms with van der Waals surface area (Å²) in [6, 6.07) is 20.5. The Morgan fingerprint density at radius 3 is 2.21 bits per heavy atom. The molecule has 0 spiro atoms. The van der Waals surface area contributed by atoms with E-state index in [9.17, 15) is 10.5 Å². The van der Waals surface area contributed by atoms with Crippen LogP contribution in [0.5, 0.6) is 0 Å². The van der Waals surface area contributed by atoms with Crippen LogP contribution in [0, 0.1) is 45.3 Å². The lowest BCUT2D eigenvalue weighted by Gasteiger charge is -2.06. The number of rotatable bonds is 4. The molecule has 1 aromatic heterocycles. The number of nitrogens with zero attached hydrogens (tertiary/aromatic N) is 6. The second-order valence-electron chi connectivity index (χ2n) is 5.68. The molecule has 2 aromatic carbocycles. The average Bonchev–Trinajstić information content (AvgIpc) is 3.24. The largest absolute Gasteiger partial charge is 0.193 e. The maximum absolute atomic E-state index is 9.64. The Balaban J connectivity index is 2.10. The van der Waals surface area contributed by atoms with Crippen LogP contribution < -0.4 is 0 Å². The van der Waals surface area contributed by atoms with Crippen molar-refractivity contribution in [1.82, 2.24) is 8.75 Å². The van der Waals surface area contributed by atoms with Gasteiger partial charge in [-0.25, -0.2) is 0 Å². The van der Waals surface area contributed by atoms with Crippen molar-refractivity contribution in [2.24, 2.45) is 0 Å². The molecule has 1 heterocycles. The zero-order valence-electron chi connectivity index (χ0n) is 14.4. The molecule has 0 aliphatic rings. The molecule has 130 valence electrons. The molecule has 3 aromatic rings. The van der Waals surface area contributed by atoms with E-state index in [-0.39, 0.29) is 12.0 Å². The van der Waals surface area contributed by atoms with Gasteiger partial charge in [0.05, 0.1) is 28.9 Å². The number of fused-ring (bicyclic) bond motifs is 1. The van der Waals surface area contributed by atoms with E-state index < -0.39 is 0 Å². The lowest BCUT2D eigenvalue weighted by Crippen LogP contribution is -1.96. The number of allylic oxidation sites excluding steroid dienone is 3. The topological polar surface area (TPSA) is 121 Å². The van der Waals surface area contributed by atoms with E-state index >= 15 is 0 Å². The molecule has 0 radical (unpaired) electrons. The smallest absolute Gasteiger partial charge is 0.130 e. The molecule has 0 atom stereocenters. The first-order valence-electron chi connectivity index (χ1n) is 8.06. The fraction of sp³-hybridized carbons (Fsp3) is 0.0476. The summed E-state index contributed by atoms with van der Waals surface area (Å²) in [4.78, 5) is 0. The average molecular weight is 378 g/mol. The van der Waals surface area contributed by atoms with Crippen LogP contribution in [0.15, 0.2) is 53.6 Å². The highest BCUT2D eigenvalue weighted by Crippen LogP contribution is 2.27. The first-order chi connectivity index (χ1) is 13.7. The maximum Gasteiger partial charge on any atom is 0.130 e. The molecule has 0 fully saturated rings.